The minimum Gasteiger partial charge on any atom is -0.349 e. The lowest BCUT2D eigenvalue weighted by Crippen LogP contribution is -2.89. The summed E-state index contributed by atoms with van der Waals surface area (Å²) in [5.74, 6) is 0. The van der Waals surface area contributed by atoms with Crippen LogP contribution in [0.1, 0.15) is 5.56 Å². The van der Waals surface area contributed by atoms with Crippen LogP contribution in [-0.2, 0) is 6.18 Å². The second kappa shape index (κ2) is 5.75. The fourth-order valence-electron chi connectivity index (χ4n) is 2.34. The van der Waals surface area contributed by atoms with E-state index in [-0.39, 0.29) is 18.8 Å². The van der Waals surface area contributed by atoms with Gasteiger partial charge in [0, 0.05) is 12.1 Å². The number of halogens is 3. The highest BCUT2D eigenvalue weighted by molar-refractivity contribution is 5.76. The molecule has 0 aromatic heterocycles. The summed E-state index contributed by atoms with van der Waals surface area (Å²) in [5.41, 5.74) is -3.57. The molecule has 0 amide bonds. The van der Waals surface area contributed by atoms with Gasteiger partial charge in [0.25, 0.3) is 11.4 Å². The van der Waals surface area contributed by atoms with Gasteiger partial charge in [-0.3, -0.25) is 20.2 Å². The Balaban J connectivity index is 2.67. The fourth-order valence-corrected chi connectivity index (χ4v) is 2.34. The number of nitro groups is 2. The van der Waals surface area contributed by atoms with Crippen LogP contribution in [0.15, 0.2) is 12.1 Å². The van der Waals surface area contributed by atoms with Crippen LogP contribution in [0.5, 0.6) is 0 Å². The van der Waals surface area contributed by atoms with Crippen LogP contribution < -0.4 is 10.2 Å². The van der Waals surface area contributed by atoms with Gasteiger partial charge in [0.1, 0.15) is 0 Å². The number of nitrogens with two attached hydrogens (primary N) is 1. The highest BCUT2D eigenvalue weighted by atomic mass is 19.4. The average Bonchev–Trinajstić information content (AvgIpc) is 2.45. The summed E-state index contributed by atoms with van der Waals surface area (Å²) >= 11 is 0. The molecule has 2 N–H and O–H groups in total. The summed E-state index contributed by atoms with van der Waals surface area (Å²) in [6, 6.07) is 0.696. The number of hydrogen-bond acceptors (Lipinski definition) is 5. The summed E-state index contributed by atoms with van der Waals surface area (Å²) in [6.45, 7) is 1.67. The van der Waals surface area contributed by atoms with Crippen molar-refractivity contribution in [2.24, 2.45) is 0 Å². The summed E-state index contributed by atoms with van der Waals surface area (Å²) < 4.78 is 38.4. The second-order valence-corrected chi connectivity index (χ2v) is 4.73. The Morgan fingerprint density at radius 1 is 1.05 bits per heavy atom. The van der Waals surface area contributed by atoms with Crippen LogP contribution in [0.25, 0.3) is 0 Å². The monoisotopic (exact) mass is 321 g/mol. The molecule has 1 fully saturated rings. The minimum atomic E-state index is -4.90. The topological polar surface area (TPSA) is 106 Å². The van der Waals surface area contributed by atoms with Crippen LogP contribution in [0.2, 0.25) is 0 Å². The molecule has 1 aromatic carbocycles. The van der Waals surface area contributed by atoms with Gasteiger partial charge in [-0.25, -0.2) is 0 Å². The highest BCUT2D eigenvalue weighted by Crippen LogP contribution is 2.42. The van der Waals surface area contributed by atoms with Gasteiger partial charge in [-0.15, -0.1) is 0 Å². The molecule has 0 atom stereocenters. The zero-order chi connectivity index (χ0) is 16.5. The summed E-state index contributed by atoms with van der Waals surface area (Å²) in [4.78, 5) is 21.5. The van der Waals surface area contributed by atoms with Gasteiger partial charge < -0.3 is 10.2 Å². The third-order valence-electron chi connectivity index (χ3n) is 3.31. The van der Waals surface area contributed by atoms with Crippen molar-refractivity contribution in [1.29, 1.82) is 0 Å². The molecule has 0 aliphatic carbocycles. The molecule has 1 saturated heterocycles. The number of rotatable bonds is 3. The lowest BCUT2D eigenvalue weighted by Gasteiger charge is -2.26. The van der Waals surface area contributed by atoms with Gasteiger partial charge in [-0.2, -0.15) is 13.2 Å². The van der Waals surface area contributed by atoms with Crippen molar-refractivity contribution in [1.82, 2.24) is 0 Å². The first kappa shape index (κ1) is 15.9. The summed E-state index contributed by atoms with van der Waals surface area (Å²) in [6.07, 6.45) is -4.90. The van der Waals surface area contributed by atoms with Crippen molar-refractivity contribution < 1.29 is 28.3 Å². The lowest BCUT2D eigenvalue weighted by atomic mass is 10.1. The first-order valence-corrected chi connectivity index (χ1v) is 6.32. The predicted octanol–water partition coefficient (Wildman–Crippen LogP) is 0.905. The van der Waals surface area contributed by atoms with Crippen LogP contribution >= 0.6 is 0 Å². The molecule has 0 unspecified atom stereocenters. The highest BCUT2D eigenvalue weighted by Gasteiger charge is 2.39. The molecule has 1 aliphatic heterocycles. The molecule has 120 valence electrons. The van der Waals surface area contributed by atoms with Gasteiger partial charge in [-0.1, -0.05) is 0 Å². The average molecular weight is 321 g/mol. The molecule has 11 heteroatoms. The van der Waals surface area contributed by atoms with Crippen LogP contribution in [0.3, 0.4) is 0 Å². The van der Waals surface area contributed by atoms with Gasteiger partial charge in [0.05, 0.1) is 41.6 Å². The largest absolute Gasteiger partial charge is 0.416 e. The molecular weight excluding hydrogens is 309 g/mol. The molecule has 0 saturated carbocycles. The number of hydrogen-bond donors (Lipinski definition) is 1. The smallest absolute Gasteiger partial charge is 0.349 e. The normalized spacial score (nSPS) is 15.7. The van der Waals surface area contributed by atoms with Gasteiger partial charge >= 0.3 is 6.18 Å². The molecule has 0 radical (unpaired) electrons. The Kier molecular flexibility index (Phi) is 4.17. The maximum absolute atomic E-state index is 12.8. The molecule has 22 heavy (non-hydrogen) atoms. The quantitative estimate of drug-likeness (QED) is 0.658. The van der Waals surface area contributed by atoms with Crippen LogP contribution in [-0.4, -0.2) is 36.0 Å². The second-order valence-electron chi connectivity index (χ2n) is 4.73. The molecule has 0 bridgehead atoms. The van der Waals surface area contributed by atoms with Gasteiger partial charge in [0.15, 0.2) is 5.69 Å². The maximum Gasteiger partial charge on any atom is 0.416 e. The van der Waals surface area contributed by atoms with E-state index in [0.717, 1.165) is 0 Å². The van der Waals surface area contributed by atoms with Crippen molar-refractivity contribution >= 4 is 17.1 Å². The van der Waals surface area contributed by atoms with Crippen molar-refractivity contribution in [3.05, 3.63) is 37.9 Å². The Hall–Kier alpha value is -2.43. The number of nitro benzene ring substituents is 2. The molecule has 1 aliphatic rings. The number of anilines is 1. The number of benzene rings is 1. The molecule has 1 aromatic rings. The fraction of sp³-hybridized carbons (Fsp3) is 0.455. The summed E-state index contributed by atoms with van der Waals surface area (Å²) in [7, 11) is 0. The molecule has 2 rings (SSSR count). The third-order valence-corrected chi connectivity index (χ3v) is 3.31. The Bertz CT molecular complexity index is 579. The van der Waals surface area contributed by atoms with Crippen molar-refractivity contribution in [2.45, 2.75) is 6.18 Å². The maximum atomic E-state index is 12.8. The van der Waals surface area contributed by atoms with E-state index < -0.39 is 33.0 Å². The molecule has 8 nitrogen and oxygen atoms in total. The SMILES string of the molecule is O=[N+]([O-])c1cc(C(F)(F)F)cc([N+](=O)[O-])c1N1CC[NH2+]CC1. The third kappa shape index (κ3) is 3.08. The van der Waals surface area contributed by atoms with Gasteiger partial charge in [0.2, 0.25) is 0 Å². The van der Waals surface area contributed by atoms with E-state index in [9.17, 15) is 33.4 Å². The minimum absolute atomic E-state index is 0.285. The van der Waals surface area contributed by atoms with E-state index in [0.29, 0.717) is 25.2 Å². The molecular formula is C11H12F3N4O4+. The van der Waals surface area contributed by atoms with Crippen molar-refractivity contribution in [2.75, 3.05) is 31.1 Å². The van der Waals surface area contributed by atoms with Gasteiger partial charge in [-0.05, 0) is 0 Å². The molecule has 0 spiro atoms. The van der Waals surface area contributed by atoms with E-state index in [1.165, 1.54) is 4.90 Å². The zero-order valence-corrected chi connectivity index (χ0v) is 11.2. The first-order chi connectivity index (χ1) is 10.2. The van der Waals surface area contributed by atoms with E-state index >= 15 is 0 Å². The van der Waals surface area contributed by atoms with E-state index in [1.807, 2.05) is 5.32 Å². The Labute approximate surface area is 121 Å². The van der Waals surface area contributed by atoms with Crippen molar-refractivity contribution in [3.63, 3.8) is 0 Å². The van der Waals surface area contributed by atoms with E-state index in [1.54, 1.807) is 0 Å². The first-order valence-electron chi connectivity index (χ1n) is 6.32. The van der Waals surface area contributed by atoms with E-state index in [2.05, 4.69) is 0 Å². The van der Waals surface area contributed by atoms with E-state index in [4.69, 9.17) is 0 Å². The Morgan fingerprint density at radius 3 is 1.86 bits per heavy atom. The number of piperazine rings is 1. The predicted molar refractivity (Wildman–Crippen MR) is 68.6 cm³/mol. The van der Waals surface area contributed by atoms with Crippen LogP contribution in [0, 0.1) is 20.2 Å². The molecule has 1 heterocycles. The summed E-state index contributed by atoms with van der Waals surface area (Å²) in [5, 5.41) is 24.1. The van der Waals surface area contributed by atoms with Crippen molar-refractivity contribution in [3.8, 4) is 0 Å². The number of quaternary nitrogens is 1. The zero-order valence-electron chi connectivity index (χ0n) is 11.2. The standard InChI is InChI=1S/C11H11F3N4O4/c12-11(13,14)7-5-8(17(19)20)10(9(6-7)18(21)22)16-3-1-15-2-4-16/h5-6,15H,1-4H2/p+1. The Morgan fingerprint density at radius 2 is 1.50 bits per heavy atom. The van der Waals surface area contributed by atoms with Crippen LogP contribution in [0.4, 0.5) is 30.2 Å². The number of alkyl halides is 3. The number of nitrogens with zero attached hydrogens (tertiary/aromatic N) is 3. The lowest BCUT2D eigenvalue weighted by molar-refractivity contribution is -0.655.